The molecule has 0 bridgehead atoms. The molecular weight excluding hydrogens is 398 g/mol. The van der Waals surface area contributed by atoms with Crippen molar-refractivity contribution in [1.29, 1.82) is 0 Å². The van der Waals surface area contributed by atoms with Crippen LogP contribution in [-0.4, -0.2) is 27.3 Å². The molecule has 1 fully saturated rings. The van der Waals surface area contributed by atoms with Gasteiger partial charge in [0, 0.05) is 21.3 Å². The molecule has 1 heterocycles. The molecule has 3 rings (SSSR count). The Morgan fingerprint density at radius 2 is 1.92 bits per heavy atom. The van der Waals surface area contributed by atoms with Crippen molar-refractivity contribution in [3.05, 3.63) is 58.1 Å². The molecule has 0 saturated carbocycles. The number of anilines is 1. The van der Waals surface area contributed by atoms with Gasteiger partial charge in [-0.25, -0.2) is 5.01 Å². The van der Waals surface area contributed by atoms with Gasteiger partial charge in [0.25, 0.3) is 11.8 Å². The zero-order valence-electron chi connectivity index (χ0n) is 12.2. The Hall–Kier alpha value is -2.25. The van der Waals surface area contributed by atoms with Gasteiger partial charge < -0.3 is 10.8 Å². The van der Waals surface area contributed by atoms with Crippen molar-refractivity contribution in [3.63, 3.8) is 0 Å². The van der Waals surface area contributed by atoms with Crippen LogP contribution >= 0.6 is 27.5 Å². The van der Waals surface area contributed by atoms with Crippen molar-refractivity contribution in [3.8, 4) is 5.75 Å². The summed E-state index contributed by atoms with van der Waals surface area (Å²) in [6.45, 7) is 0. The Balaban J connectivity index is 1.83. The topological polar surface area (TPSA) is 95.7 Å². The van der Waals surface area contributed by atoms with Gasteiger partial charge in [-0.3, -0.25) is 15.0 Å². The molecule has 1 saturated heterocycles. The highest BCUT2D eigenvalue weighted by Gasteiger charge is 2.49. The maximum Gasteiger partial charge on any atom is 0.269 e. The molecule has 0 unspecified atom stereocenters. The number of hydrazine groups is 1. The minimum Gasteiger partial charge on any atom is -0.508 e. The number of phenols is 1. The fraction of sp³-hybridized carbons (Fsp3) is 0.125. The molecule has 1 aliphatic rings. The van der Waals surface area contributed by atoms with E-state index in [1.165, 1.54) is 6.07 Å². The molecule has 0 aliphatic carbocycles. The number of carbonyl (C=O) groups excluding carboxylic acids is 2. The molecule has 2 aromatic carbocycles. The quantitative estimate of drug-likeness (QED) is 0.412. The molecule has 6 nitrogen and oxygen atoms in total. The van der Waals surface area contributed by atoms with Crippen LogP contribution in [0.2, 0.25) is 0 Å². The van der Waals surface area contributed by atoms with E-state index in [0.717, 1.165) is 9.48 Å². The number of nitrogen functional groups attached to an aromatic ring is 1. The predicted octanol–water partition coefficient (Wildman–Crippen LogP) is 2.57. The fourth-order valence-electron chi connectivity index (χ4n) is 2.45. The number of alkyl halides is 1. The summed E-state index contributed by atoms with van der Waals surface area (Å²) in [5.74, 6) is -0.913. The zero-order chi connectivity index (χ0) is 17.4. The third-order valence-corrected chi connectivity index (χ3v) is 4.65. The van der Waals surface area contributed by atoms with Gasteiger partial charge in [-0.1, -0.05) is 15.9 Å². The summed E-state index contributed by atoms with van der Waals surface area (Å²) in [5, 5.41) is 10.3. The molecule has 124 valence electrons. The second kappa shape index (κ2) is 6.33. The van der Waals surface area contributed by atoms with Crippen molar-refractivity contribution in [2.24, 2.45) is 0 Å². The standard InChI is InChI=1S/C16H13BrClN3O3/c17-9-3-6-12(22)11(7-9)14-13(18)16(24)21(14)20-15(23)8-1-4-10(19)5-2-8/h1-7,13-14,22H,19H2,(H,20,23)/t13-,14+/m0/s1. The lowest BCUT2D eigenvalue weighted by Crippen LogP contribution is -2.63. The number of rotatable bonds is 3. The summed E-state index contributed by atoms with van der Waals surface area (Å²) in [6.07, 6.45) is 0. The van der Waals surface area contributed by atoms with Gasteiger partial charge in [0.2, 0.25) is 0 Å². The summed E-state index contributed by atoms with van der Waals surface area (Å²) < 4.78 is 0.725. The zero-order valence-corrected chi connectivity index (χ0v) is 14.6. The van der Waals surface area contributed by atoms with Crippen LogP contribution in [0.3, 0.4) is 0 Å². The van der Waals surface area contributed by atoms with Crippen molar-refractivity contribution in [1.82, 2.24) is 10.4 Å². The molecular formula is C16H13BrClN3O3. The molecule has 2 amide bonds. The SMILES string of the molecule is Nc1ccc(C(=O)NN2C(=O)[C@@H](Cl)[C@H]2c2cc(Br)ccc2O)cc1. The Bertz CT molecular complexity index is 813. The Morgan fingerprint density at radius 3 is 2.58 bits per heavy atom. The van der Waals surface area contributed by atoms with Crippen LogP contribution in [-0.2, 0) is 4.79 Å². The van der Waals surface area contributed by atoms with Gasteiger partial charge in [0.05, 0.1) is 0 Å². The van der Waals surface area contributed by atoms with Crippen molar-refractivity contribution in [2.75, 3.05) is 5.73 Å². The summed E-state index contributed by atoms with van der Waals surface area (Å²) >= 11 is 9.39. The first-order valence-electron chi connectivity index (χ1n) is 7.00. The van der Waals surface area contributed by atoms with E-state index in [9.17, 15) is 14.7 Å². The highest BCUT2D eigenvalue weighted by molar-refractivity contribution is 9.10. The Labute approximate surface area is 151 Å². The second-order valence-electron chi connectivity index (χ2n) is 5.32. The van der Waals surface area contributed by atoms with Crippen molar-refractivity contribution in [2.45, 2.75) is 11.4 Å². The number of nitrogens with one attached hydrogen (secondary N) is 1. The minimum absolute atomic E-state index is 0.00640. The van der Waals surface area contributed by atoms with Crippen LogP contribution < -0.4 is 11.2 Å². The van der Waals surface area contributed by atoms with Crippen molar-refractivity contribution < 1.29 is 14.7 Å². The molecule has 0 spiro atoms. The third kappa shape index (κ3) is 2.92. The highest BCUT2D eigenvalue weighted by atomic mass is 79.9. The average Bonchev–Trinajstić information content (AvgIpc) is 2.57. The first kappa shape index (κ1) is 16.6. The van der Waals surface area contributed by atoms with E-state index in [1.807, 2.05) is 0 Å². The highest BCUT2D eigenvalue weighted by Crippen LogP contribution is 2.41. The van der Waals surface area contributed by atoms with E-state index < -0.39 is 23.2 Å². The van der Waals surface area contributed by atoms with E-state index >= 15 is 0 Å². The molecule has 2 atom stereocenters. The predicted molar refractivity (Wildman–Crippen MR) is 93.4 cm³/mol. The number of carbonyl (C=O) groups is 2. The number of halogens is 2. The summed E-state index contributed by atoms with van der Waals surface area (Å²) in [4.78, 5) is 24.3. The van der Waals surface area contributed by atoms with Gasteiger partial charge in [0.15, 0.2) is 0 Å². The number of nitrogens with two attached hydrogens (primary N) is 1. The molecule has 1 aliphatic heterocycles. The molecule has 0 aromatic heterocycles. The van der Waals surface area contributed by atoms with Gasteiger partial charge in [-0.15, -0.1) is 11.6 Å². The molecule has 8 heteroatoms. The summed E-state index contributed by atoms with van der Waals surface area (Å²) in [6, 6.07) is 10.5. The van der Waals surface area contributed by atoms with Gasteiger partial charge in [-0.2, -0.15) is 0 Å². The maximum atomic E-state index is 12.3. The second-order valence-corrected chi connectivity index (χ2v) is 6.71. The lowest BCUT2D eigenvalue weighted by molar-refractivity contribution is -0.149. The van der Waals surface area contributed by atoms with Crippen LogP contribution in [0, 0.1) is 0 Å². The molecule has 2 aromatic rings. The van der Waals surface area contributed by atoms with Crippen molar-refractivity contribution >= 4 is 45.0 Å². The van der Waals surface area contributed by atoms with E-state index in [-0.39, 0.29) is 5.75 Å². The normalized spacial score (nSPS) is 19.8. The van der Waals surface area contributed by atoms with Crippen LogP contribution in [0.4, 0.5) is 5.69 Å². The van der Waals surface area contributed by atoms with Gasteiger partial charge in [-0.05, 0) is 42.5 Å². The fourth-order valence-corrected chi connectivity index (χ4v) is 3.18. The molecule has 24 heavy (non-hydrogen) atoms. The summed E-state index contributed by atoms with van der Waals surface area (Å²) in [5.41, 5.74) is 9.44. The van der Waals surface area contributed by atoms with Gasteiger partial charge in [0.1, 0.15) is 17.2 Å². The summed E-state index contributed by atoms with van der Waals surface area (Å²) in [7, 11) is 0. The lowest BCUT2D eigenvalue weighted by Gasteiger charge is -2.44. The number of aromatic hydroxyl groups is 1. The monoisotopic (exact) mass is 409 g/mol. The maximum absolute atomic E-state index is 12.3. The number of hydrogen-bond donors (Lipinski definition) is 3. The van der Waals surface area contributed by atoms with E-state index in [2.05, 4.69) is 21.4 Å². The van der Waals surface area contributed by atoms with E-state index in [1.54, 1.807) is 36.4 Å². The minimum atomic E-state index is -0.864. The lowest BCUT2D eigenvalue weighted by atomic mass is 9.94. The largest absolute Gasteiger partial charge is 0.508 e. The van der Waals surface area contributed by atoms with Crippen LogP contribution in [0.1, 0.15) is 22.0 Å². The third-order valence-electron chi connectivity index (χ3n) is 3.73. The number of benzene rings is 2. The molecule has 0 radical (unpaired) electrons. The van der Waals surface area contributed by atoms with Gasteiger partial charge >= 0.3 is 0 Å². The van der Waals surface area contributed by atoms with Crippen LogP contribution in [0.15, 0.2) is 46.9 Å². The van der Waals surface area contributed by atoms with Crippen LogP contribution in [0.5, 0.6) is 5.75 Å². The van der Waals surface area contributed by atoms with Crippen LogP contribution in [0.25, 0.3) is 0 Å². The number of nitrogens with zero attached hydrogens (tertiary/aromatic N) is 1. The number of phenolic OH excluding ortho intramolecular Hbond substituents is 1. The Morgan fingerprint density at radius 1 is 1.25 bits per heavy atom. The van der Waals surface area contributed by atoms with E-state index in [4.69, 9.17) is 17.3 Å². The first-order chi connectivity index (χ1) is 11.4. The number of hydrogen-bond acceptors (Lipinski definition) is 4. The molecule has 4 N–H and O–H groups in total. The number of β-lactam (4-membered cyclic amide) rings is 1. The van der Waals surface area contributed by atoms with E-state index in [0.29, 0.717) is 16.8 Å². The average molecular weight is 411 g/mol. The Kier molecular flexibility index (Phi) is 4.38. The smallest absolute Gasteiger partial charge is 0.269 e. The number of amides is 2. The first-order valence-corrected chi connectivity index (χ1v) is 8.23.